The van der Waals surface area contributed by atoms with E-state index in [1.165, 1.54) is 13.8 Å². The number of carbonyl (C=O) groups is 1. The lowest BCUT2D eigenvalue weighted by Crippen LogP contribution is -2.13. The zero-order valence-corrected chi connectivity index (χ0v) is 14.0. The minimum absolute atomic E-state index is 0.0597. The lowest BCUT2D eigenvalue weighted by molar-refractivity contribution is 0.0683. The zero-order valence-electron chi connectivity index (χ0n) is 12.5. The number of halogens is 3. The van der Waals surface area contributed by atoms with Crippen LogP contribution in [-0.4, -0.2) is 16.2 Å². The van der Waals surface area contributed by atoms with Crippen LogP contribution in [-0.2, 0) is 5.67 Å². The lowest BCUT2D eigenvalue weighted by atomic mass is 9.98. The predicted octanol–water partition coefficient (Wildman–Crippen LogP) is 5.43. The van der Waals surface area contributed by atoms with Crippen LogP contribution in [0.2, 0.25) is 10.0 Å². The Morgan fingerprint density at radius 2 is 1.91 bits per heavy atom. The van der Waals surface area contributed by atoms with Crippen molar-refractivity contribution >= 4 is 29.2 Å². The Labute approximate surface area is 142 Å². The van der Waals surface area contributed by atoms with Crippen LogP contribution in [0, 0.1) is 0 Å². The molecule has 1 saturated carbocycles. The van der Waals surface area contributed by atoms with Crippen molar-refractivity contribution in [2.75, 3.05) is 0 Å². The van der Waals surface area contributed by atoms with Crippen LogP contribution in [0.1, 0.15) is 54.3 Å². The molecule has 0 unspecified atom stereocenters. The fourth-order valence-corrected chi connectivity index (χ4v) is 3.22. The number of nitrogens with zero attached hydrogens (tertiary/aromatic N) is 1. The van der Waals surface area contributed by atoms with Crippen LogP contribution in [0.5, 0.6) is 0 Å². The number of aromatic nitrogens is 1. The molecule has 0 amide bonds. The summed E-state index contributed by atoms with van der Waals surface area (Å²) in [5.74, 6) is -1.27. The van der Waals surface area contributed by atoms with E-state index in [2.05, 4.69) is 5.16 Å². The van der Waals surface area contributed by atoms with E-state index in [1.807, 2.05) is 0 Å². The monoisotopic (exact) mass is 357 g/mol. The van der Waals surface area contributed by atoms with E-state index < -0.39 is 11.6 Å². The first-order chi connectivity index (χ1) is 10.7. The maximum atomic E-state index is 14.2. The largest absolute Gasteiger partial charge is 0.477 e. The van der Waals surface area contributed by atoms with Gasteiger partial charge in [-0.25, -0.2) is 9.18 Å². The van der Waals surface area contributed by atoms with Crippen molar-refractivity contribution in [3.05, 3.63) is 39.1 Å². The second-order valence-electron chi connectivity index (χ2n) is 6.15. The molecule has 122 valence electrons. The van der Waals surface area contributed by atoms with Crippen LogP contribution in [0.25, 0.3) is 11.3 Å². The van der Waals surface area contributed by atoms with Crippen molar-refractivity contribution in [3.63, 3.8) is 0 Å². The van der Waals surface area contributed by atoms with E-state index in [0.717, 1.165) is 18.4 Å². The third-order valence-corrected chi connectivity index (χ3v) is 4.39. The quantitative estimate of drug-likeness (QED) is 0.792. The molecule has 0 atom stereocenters. The first-order valence-corrected chi connectivity index (χ1v) is 7.87. The third-order valence-electron chi connectivity index (χ3n) is 3.80. The number of hydrogen-bond donors (Lipinski definition) is 1. The van der Waals surface area contributed by atoms with Gasteiger partial charge in [0.25, 0.3) is 0 Å². The van der Waals surface area contributed by atoms with Crippen molar-refractivity contribution in [2.45, 2.75) is 38.3 Å². The van der Waals surface area contributed by atoms with Gasteiger partial charge >= 0.3 is 5.97 Å². The first-order valence-electron chi connectivity index (χ1n) is 7.11. The van der Waals surface area contributed by atoms with Gasteiger partial charge in [-0.3, -0.25) is 0 Å². The summed E-state index contributed by atoms with van der Waals surface area (Å²) >= 11 is 12.6. The molecule has 1 N–H and O–H groups in total. The van der Waals surface area contributed by atoms with Crippen molar-refractivity contribution in [1.29, 1.82) is 0 Å². The summed E-state index contributed by atoms with van der Waals surface area (Å²) in [6.45, 7) is 2.40. The Balaban J connectivity index is 2.19. The van der Waals surface area contributed by atoms with E-state index in [9.17, 15) is 14.3 Å². The minimum Gasteiger partial charge on any atom is -0.477 e. The number of carboxylic acid groups (broad SMARTS) is 1. The summed E-state index contributed by atoms with van der Waals surface area (Å²) in [6.07, 6.45) is 2.16. The van der Waals surface area contributed by atoms with Crippen LogP contribution >= 0.6 is 23.2 Å². The molecule has 0 saturated heterocycles. The second-order valence-corrected chi connectivity index (χ2v) is 6.96. The molecule has 23 heavy (non-hydrogen) atoms. The Hall–Kier alpha value is -1.59. The highest BCUT2D eigenvalue weighted by atomic mass is 35.5. The van der Waals surface area contributed by atoms with Crippen molar-refractivity contribution in [1.82, 2.24) is 5.16 Å². The molecule has 0 spiro atoms. The number of benzene rings is 1. The van der Waals surface area contributed by atoms with Crippen molar-refractivity contribution < 1.29 is 18.8 Å². The van der Waals surface area contributed by atoms with Crippen LogP contribution < -0.4 is 0 Å². The maximum absolute atomic E-state index is 14.2. The molecule has 0 bridgehead atoms. The molecule has 7 heteroatoms. The number of carboxylic acids is 1. The summed E-state index contributed by atoms with van der Waals surface area (Å²) in [5.41, 5.74) is -1.16. The van der Waals surface area contributed by atoms with Gasteiger partial charge in [0.05, 0.1) is 10.0 Å². The van der Waals surface area contributed by atoms with Gasteiger partial charge in [0, 0.05) is 5.56 Å². The first kappa shape index (κ1) is 16.3. The van der Waals surface area contributed by atoms with Crippen LogP contribution in [0.4, 0.5) is 4.39 Å². The third kappa shape index (κ3) is 2.95. The van der Waals surface area contributed by atoms with Crippen LogP contribution in [0.3, 0.4) is 0 Å². The minimum atomic E-state index is -1.99. The number of alkyl halides is 1. The molecule has 1 heterocycles. The van der Waals surface area contributed by atoms with E-state index in [0.29, 0.717) is 5.92 Å². The molecule has 1 aliphatic carbocycles. The molecule has 0 radical (unpaired) electrons. The van der Waals surface area contributed by atoms with E-state index in [-0.39, 0.29) is 32.6 Å². The topological polar surface area (TPSA) is 63.3 Å². The summed E-state index contributed by atoms with van der Waals surface area (Å²) in [4.78, 5) is 11.6. The number of aromatic carboxylic acids is 1. The average Bonchev–Trinajstić information content (AvgIpc) is 3.16. The normalized spacial score (nSPS) is 15.0. The fourth-order valence-electron chi connectivity index (χ4n) is 2.54. The zero-order chi connectivity index (χ0) is 16.9. The van der Waals surface area contributed by atoms with Crippen LogP contribution in [0.15, 0.2) is 16.7 Å². The highest BCUT2D eigenvalue weighted by Crippen LogP contribution is 2.46. The Bertz CT molecular complexity index is 768. The highest BCUT2D eigenvalue weighted by molar-refractivity contribution is 6.39. The highest BCUT2D eigenvalue weighted by Gasteiger charge is 2.36. The van der Waals surface area contributed by atoms with Gasteiger partial charge < -0.3 is 9.63 Å². The van der Waals surface area contributed by atoms with Crippen molar-refractivity contribution in [3.8, 4) is 11.3 Å². The van der Waals surface area contributed by atoms with Gasteiger partial charge in [0.2, 0.25) is 0 Å². The molecule has 4 nitrogen and oxygen atoms in total. The average molecular weight is 358 g/mol. The van der Waals surface area contributed by atoms with Crippen molar-refractivity contribution in [2.24, 2.45) is 0 Å². The Kier molecular flexibility index (Phi) is 3.89. The SMILES string of the molecule is CC(C)(F)c1onc(-c2c(Cl)cc(C3CC3)cc2Cl)c1C(=O)O. The Morgan fingerprint density at radius 3 is 2.35 bits per heavy atom. The van der Waals surface area contributed by atoms with E-state index in [4.69, 9.17) is 27.7 Å². The van der Waals surface area contributed by atoms with Gasteiger partial charge in [0.1, 0.15) is 11.3 Å². The Morgan fingerprint density at radius 1 is 1.35 bits per heavy atom. The van der Waals surface area contributed by atoms with Gasteiger partial charge in [-0.2, -0.15) is 0 Å². The molecule has 1 aromatic heterocycles. The lowest BCUT2D eigenvalue weighted by Gasteiger charge is -2.11. The fraction of sp³-hybridized carbons (Fsp3) is 0.375. The standard InChI is InChI=1S/C16H14Cl2FNO3/c1-16(2,19)14-12(15(21)22)13(20-23-14)11-9(17)5-8(6-10(11)18)7-3-4-7/h5-7H,3-4H2,1-2H3,(H,21,22). The molecule has 1 aromatic carbocycles. The molecule has 2 aromatic rings. The maximum Gasteiger partial charge on any atom is 0.341 e. The van der Waals surface area contributed by atoms with E-state index in [1.54, 1.807) is 12.1 Å². The van der Waals surface area contributed by atoms with Gasteiger partial charge in [-0.1, -0.05) is 28.4 Å². The second kappa shape index (κ2) is 5.49. The van der Waals surface area contributed by atoms with Gasteiger partial charge in [-0.05, 0) is 50.3 Å². The predicted molar refractivity (Wildman–Crippen MR) is 85.0 cm³/mol. The number of hydrogen-bond acceptors (Lipinski definition) is 3. The van der Waals surface area contributed by atoms with E-state index >= 15 is 0 Å². The molecule has 1 fully saturated rings. The molecule has 1 aliphatic rings. The smallest absolute Gasteiger partial charge is 0.341 e. The molecular weight excluding hydrogens is 344 g/mol. The molecule has 0 aliphatic heterocycles. The summed E-state index contributed by atoms with van der Waals surface area (Å²) in [7, 11) is 0. The summed E-state index contributed by atoms with van der Waals surface area (Å²) in [6, 6.07) is 3.50. The molecule has 3 rings (SSSR count). The van der Waals surface area contributed by atoms with Gasteiger partial charge in [-0.15, -0.1) is 0 Å². The number of rotatable bonds is 4. The van der Waals surface area contributed by atoms with Gasteiger partial charge in [0.15, 0.2) is 11.4 Å². The molecular formula is C16H14Cl2FNO3. The summed E-state index contributed by atoms with van der Waals surface area (Å²) < 4.78 is 19.1. The summed E-state index contributed by atoms with van der Waals surface area (Å²) in [5, 5.41) is 13.7.